The van der Waals surface area contributed by atoms with E-state index in [9.17, 15) is 0 Å². The van der Waals surface area contributed by atoms with Crippen molar-refractivity contribution in [2.24, 2.45) is 0 Å². The van der Waals surface area contributed by atoms with Crippen LogP contribution < -0.4 is 5.32 Å². The van der Waals surface area contributed by atoms with Crippen LogP contribution in [0.5, 0.6) is 0 Å². The highest BCUT2D eigenvalue weighted by Gasteiger charge is 2.11. The quantitative estimate of drug-likeness (QED) is 0.789. The maximum absolute atomic E-state index is 6.06. The van der Waals surface area contributed by atoms with Crippen molar-refractivity contribution in [2.75, 3.05) is 5.32 Å². The molecule has 0 amide bonds. The molecule has 6 heteroatoms. The Morgan fingerprint density at radius 2 is 2.15 bits per heavy atom. The van der Waals surface area contributed by atoms with Crippen molar-refractivity contribution in [2.45, 2.75) is 13.5 Å². The van der Waals surface area contributed by atoms with E-state index in [1.54, 1.807) is 18.4 Å². The number of nitrogens with one attached hydrogen (secondary N) is 1. The lowest BCUT2D eigenvalue weighted by Crippen LogP contribution is -2.01. The van der Waals surface area contributed by atoms with Crippen LogP contribution in [0, 0.1) is 6.92 Å². The number of nitrogens with zero attached hydrogens (tertiary/aromatic N) is 2. The highest BCUT2D eigenvalue weighted by atomic mass is 35.5. The molecule has 0 atom stereocenters. The van der Waals surface area contributed by atoms with Crippen molar-refractivity contribution in [3.05, 3.63) is 53.1 Å². The SMILES string of the molecule is Cc1c(Cl)cccc1NCc1nc(-c2ccco2)no1. The summed E-state index contributed by atoms with van der Waals surface area (Å²) in [5, 5.41) is 7.80. The first-order chi connectivity index (χ1) is 9.74. The second-order valence-corrected chi connectivity index (χ2v) is 4.66. The second-order valence-electron chi connectivity index (χ2n) is 4.25. The summed E-state index contributed by atoms with van der Waals surface area (Å²) in [6.45, 7) is 2.38. The van der Waals surface area contributed by atoms with Crippen LogP contribution in [0.2, 0.25) is 5.02 Å². The van der Waals surface area contributed by atoms with Crippen molar-refractivity contribution in [3.8, 4) is 11.6 Å². The van der Waals surface area contributed by atoms with Gasteiger partial charge in [-0.15, -0.1) is 0 Å². The van der Waals surface area contributed by atoms with Gasteiger partial charge in [-0.25, -0.2) is 0 Å². The predicted octanol–water partition coefficient (Wildman–Crippen LogP) is 3.90. The molecule has 0 saturated carbocycles. The van der Waals surface area contributed by atoms with E-state index in [0.29, 0.717) is 24.0 Å². The number of halogens is 1. The van der Waals surface area contributed by atoms with Gasteiger partial charge >= 0.3 is 0 Å². The Morgan fingerprint density at radius 1 is 1.25 bits per heavy atom. The Morgan fingerprint density at radius 3 is 2.95 bits per heavy atom. The fourth-order valence-corrected chi connectivity index (χ4v) is 1.98. The van der Waals surface area contributed by atoms with Gasteiger partial charge in [0.2, 0.25) is 11.7 Å². The Hall–Kier alpha value is -2.27. The molecule has 20 heavy (non-hydrogen) atoms. The lowest BCUT2D eigenvalue weighted by molar-refractivity contribution is 0.382. The molecule has 102 valence electrons. The Bertz CT molecular complexity index is 707. The highest BCUT2D eigenvalue weighted by molar-refractivity contribution is 6.31. The molecule has 0 fully saturated rings. The summed E-state index contributed by atoms with van der Waals surface area (Å²) in [4.78, 5) is 4.25. The minimum absolute atomic E-state index is 0.425. The van der Waals surface area contributed by atoms with Crippen LogP contribution >= 0.6 is 11.6 Å². The molecule has 0 aliphatic rings. The Labute approximate surface area is 120 Å². The largest absolute Gasteiger partial charge is 0.461 e. The van der Waals surface area contributed by atoms with Crippen LogP contribution in [0.3, 0.4) is 0 Å². The molecule has 0 aliphatic carbocycles. The third kappa shape index (κ3) is 2.53. The normalized spacial score (nSPS) is 10.7. The summed E-state index contributed by atoms with van der Waals surface area (Å²) < 4.78 is 10.4. The molecule has 0 unspecified atom stereocenters. The lowest BCUT2D eigenvalue weighted by Gasteiger charge is -2.08. The lowest BCUT2D eigenvalue weighted by atomic mass is 10.2. The van der Waals surface area contributed by atoms with Gasteiger partial charge in [-0.2, -0.15) is 4.98 Å². The predicted molar refractivity (Wildman–Crippen MR) is 75.5 cm³/mol. The molecule has 0 spiro atoms. The van der Waals surface area contributed by atoms with Gasteiger partial charge in [0.15, 0.2) is 5.76 Å². The Kier molecular flexibility index (Phi) is 3.43. The first-order valence-corrected chi connectivity index (χ1v) is 6.47. The van der Waals surface area contributed by atoms with E-state index < -0.39 is 0 Å². The minimum atomic E-state index is 0.425. The zero-order valence-corrected chi connectivity index (χ0v) is 11.5. The average molecular weight is 290 g/mol. The second kappa shape index (κ2) is 5.38. The van der Waals surface area contributed by atoms with Crippen LogP contribution in [0.4, 0.5) is 5.69 Å². The van der Waals surface area contributed by atoms with Crippen LogP contribution in [-0.2, 0) is 6.54 Å². The fraction of sp³-hybridized carbons (Fsp3) is 0.143. The third-order valence-electron chi connectivity index (χ3n) is 2.91. The van der Waals surface area contributed by atoms with Crippen LogP contribution in [0.25, 0.3) is 11.6 Å². The van der Waals surface area contributed by atoms with Crippen LogP contribution in [0.15, 0.2) is 45.5 Å². The molecule has 0 bridgehead atoms. The molecule has 0 saturated heterocycles. The summed E-state index contributed by atoms with van der Waals surface area (Å²) in [5.41, 5.74) is 1.93. The molecule has 2 aromatic heterocycles. The minimum Gasteiger partial charge on any atom is -0.461 e. The third-order valence-corrected chi connectivity index (χ3v) is 3.32. The summed E-state index contributed by atoms with van der Waals surface area (Å²) in [7, 11) is 0. The van der Waals surface area contributed by atoms with E-state index >= 15 is 0 Å². The smallest absolute Gasteiger partial charge is 0.246 e. The maximum Gasteiger partial charge on any atom is 0.246 e. The van der Waals surface area contributed by atoms with E-state index in [1.807, 2.05) is 25.1 Å². The molecule has 5 nitrogen and oxygen atoms in total. The zero-order chi connectivity index (χ0) is 13.9. The van der Waals surface area contributed by atoms with Gasteiger partial charge in [0.05, 0.1) is 12.8 Å². The standard InChI is InChI=1S/C14H12ClN3O2/c1-9-10(15)4-2-5-11(9)16-8-13-17-14(18-20-13)12-6-3-7-19-12/h2-7,16H,8H2,1H3. The van der Waals surface area contributed by atoms with Gasteiger partial charge in [-0.3, -0.25) is 0 Å². The van der Waals surface area contributed by atoms with Crippen molar-refractivity contribution in [1.29, 1.82) is 0 Å². The van der Waals surface area contributed by atoms with Gasteiger partial charge < -0.3 is 14.3 Å². The number of furan rings is 1. The van der Waals surface area contributed by atoms with Gasteiger partial charge in [0.1, 0.15) is 0 Å². The molecular formula is C14H12ClN3O2. The fourth-order valence-electron chi connectivity index (χ4n) is 1.80. The molecule has 0 radical (unpaired) electrons. The molecule has 2 heterocycles. The number of anilines is 1. The van der Waals surface area contributed by atoms with Crippen LogP contribution in [-0.4, -0.2) is 10.1 Å². The summed E-state index contributed by atoms with van der Waals surface area (Å²) in [5.74, 6) is 1.50. The molecule has 0 aliphatic heterocycles. The summed E-state index contributed by atoms with van der Waals surface area (Å²) in [6.07, 6.45) is 1.57. The van der Waals surface area contributed by atoms with E-state index in [2.05, 4.69) is 15.5 Å². The summed E-state index contributed by atoms with van der Waals surface area (Å²) in [6, 6.07) is 9.25. The first kappa shape index (κ1) is 12.7. The molecule has 3 aromatic rings. The topological polar surface area (TPSA) is 64.1 Å². The van der Waals surface area contributed by atoms with E-state index in [4.69, 9.17) is 20.5 Å². The number of hydrogen-bond acceptors (Lipinski definition) is 5. The van der Waals surface area contributed by atoms with E-state index in [1.165, 1.54) is 0 Å². The summed E-state index contributed by atoms with van der Waals surface area (Å²) >= 11 is 6.06. The van der Waals surface area contributed by atoms with Crippen molar-refractivity contribution in [1.82, 2.24) is 10.1 Å². The van der Waals surface area contributed by atoms with Gasteiger partial charge in [-0.1, -0.05) is 22.8 Å². The number of aromatic nitrogens is 2. The highest BCUT2D eigenvalue weighted by Crippen LogP contribution is 2.23. The van der Waals surface area contributed by atoms with Gasteiger partial charge in [0.25, 0.3) is 0 Å². The maximum atomic E-state index is 6.06. The molecule has 3 rings (SSSR count). The number of hydrogen-bond donors (Lipinski definition) is 1. The zero-order valence-electron chi connectivity index (χ0n) is 10.8. The molecule has 1 N–H and O–H groups in total. The van der Waals surface area contributed by atoms with Crippen molar-refractivity contribution >= 4 is 17.3 Å². The van der Waals surface area contributed by atoms with Crippen molar-refractivity contribution in [3.63, 3.8) is 0 Å². The number of benzene rings is 1. The number of rotatable bonds is 4. The average Bonchev–Trinajstić information content (AvgIpc) is 3.10. The Balaban J connectivity index is 1.71. The van der Waals surface area contributed by atoms with Gasteiger partial charge in [-0.05, 0) is 36.8 Å². The first-order valence-electron chi connectivity index (χ1n) is 6.09. The molecule has 1 aromatic carbocycles. The van der Waals surface area contributed by atoms with Crippen molar-refractivity contribution < 1.29 is 8.94 Å². The van der Waals surface area contributed by atoms with Crippen LogP contribution in [0.1, 0.15) is 11.5 Å². The monoisotopic (exact) mass is 289 g/mol. The van der Waals surface area contributed by atoms with Gasteiger partial charge in [0, 0.05) is 10.7 Å². The molecular weight excluding hydrogens is 278 g/mol. The van der Waals surface area contributed by atoms with E-state index in [-0.39, 0.29) is 0 Å². The van der Waals surface area contributed by atoms with E-state index in [0.717, 1.165) is 16.3 Å².